The molecule has 0 amide bonds. The van der Waals surface area contributed by atoms with E-state index < -0.39 is 0 Å². The summed E-state index contributed by atoms with van der Waals surface area (Å²) in [6, 6.07) is 4.32. The normalized spacial score (nSPS) is 25.3. The van der Waals surface area contributed by atoms with Crippen LogP contribution in [0.4, 0.5) is 0 Å². The van der Waals surface area contributed by atoms with Crippen molar-refractivity contribution in [1.29, 1.82) is 0 Å². The molecule has 0 atom stereocenters. The van der Waals surface area contributed by atoms with E-state index in [4.69, 9.17) is 4.74 Å². The molecule has 0 N–H and O–H groups in total. The van der Waals surface area contributed by atoms with Crippen molar-refractivity contribution >= 4 is 17.3 Å². The van der Waals surface area contributed by atoms with Crippen molar-refractivity contribution in [3.63, 3.8) is 0 Å². The van der Waals surface area contributed by atoms with Crippen LogP contribution in [0, 0.1) is 5.92 Å². The minimum Gasteiger partial charge on any atom is -0.466 e. The Kier molecular flexibility index (Phi) is 3.99. The molecule has 1 aliphatic rings. The van der Waals surface area contributed by atoms with Crippen LogP contribution < -0.4 is 0 Å². The Hall–Kier alpha value is -0.830. The number of carbonyl (C=O) groups is 1. The van der Waals surface area contributed by atoms with Crippen LogP contribution in [0.1, 0.15) is 43.4 Å². The van der Waals surface area contributed by atoms with Crippen molar-refractivity contribution in [3.05, 3.63) is 22.4 Å². The molecular formula is C13H18O2S. The van der Waals surface area contributed by atoms with Gasteiger partial charge in [-0.1, -0.05) is 6.07 Å². The lowest BCUT2D eigenvalue weighted by Gasteiger charge is -2.26. The second kappa shape index (κ2) is 5.48. The fraction of sp³-hybridized carbons (Fsp3) is 0.615. The van der Waals surface area contributed by atoms with Crippen LogP contribution in [0.5, 0.6) is 0 Å². The first-order valence-corrected chi connectivity index (χ1v) is 6.89. The highest BCUT2D eigenvalue weighted by Crippen LogP contribution is 2.37. The quantitative estimate of drug-likeness (QED) is 0.752. The molecule has 1 heterocycles. The van der Waals surface area contributed by atoms with Gasteiger partial charge < -0.3 is 4.74 Å². The summed E-state index contributed by atoms with van der Waals surface area (Å²) in [6.07, 6.45) is 4.23. The summed E-state index contributed by atoms with van der Waals surface area (Å²) in [5.74, 6) is 0.828. The lowest BCUT2D eigenvalue weighted by molar-refractivity contribution is -0.149. The zero-order valence-electron chi connectivity index (χ0n) is 9.65. The number of hydrogen-bond donors (Lipinski definition) is 0. The maximum Gasteiger partial charge on any atom is 0.308 e. The Bertz CT molecular complexity index is 324. The monoisotopic (exact) mass is 238 g/mol. The molecule has 2 rings (SSSR count). The van der Waals surface area contributed by atoms with Crippen molar-refractivity contribution in [2.24, 2.45) is 5.92 Å². The minimum absolute atomic E-state index is 0.00660. The first-order valence-electron chi connectivity index (χ1n) is 6.01. The number of rotatable bonds is 3. The smallest absolute Gasteiger partial charge is 0.308 e. The lowest BCUT2D eigenvalue weighted by atomic mass is 9.81. The topological polar surface area (TPSA) is 26.3 Å². The number of thiophene rings is 1. The SMILES string of the molecule is CCOC(=O)C1CCC(c2cccs2)CC1. The van der Waals surface area contributed by atoms with E-state index in [2.05, 4.69) is 17.5 Å². The maximum atomic E-state index is 11.6. The minimum atomic E-state index is 0.00660. The predicted molar refractivity (Wildman–Crippen MR) is 65.7 cm³/mol. The van der Waals surface area contributed by atoms with E-state index >= 15 is 0 Å². The van der Waals surface area contributed by atoms with Crippen LogP contribution >= 0.6 is 11.3 Å². The summed E-state index contributed by atoms with van der Waals surface area (Å²) in [5.41, 5.74) is 0. The molecule has 16 heavy (non-hydrogen) atoms. The van der Waals surface area contributed by atoms with Gasteiger partial charge in [0.1, 0.15) is 0 Å². The molecule has 1 aromatic heterocycles. The molecule has 0 aromatic carbocycles. The van der Waals surface area contributed by atoms with Gasteiger partial charge in [0.25, 0.3) is 0 Å². The van der Waals surface area contributed by atoms with Crippen LogP contribution in [0.3, 0.4) is 0 Å². The van der Waals surface area contributed by atoms with E-state index in [1.54, 1.807) is 0 Å². The maximum absolute atomic E-state index is 11.6. The Morgan fingerprint density at radius 1 is 1.44 bits per heavy atom. The fourth-order valence-corrected chi connectivity index (χ4v) is 3.30. The van der Waals surface area contributed by atoms with Gasteiger partial charge in [-0.2, -0.15) is 0 Å². The van der Waals surface area contributed by atoms with Gasteiger partial charge in [-0.25, -0.2) is 0 Å². The average molecular weight is 238 g/mol. The van der Waals surface area contributed by atoms with Gasteiger partial charge in [-0.3, -0.25) is 4.79 Å². The molecule has 0 bridgehead atoms. The van der Waals surface area contributed by atoms with Gasteiger partial charge in [0.2, 0.25) is 0 Å². The molecule has 1 aromatic rings. The lowest BCUT2D eigenvalue weighted by Crippen LogP contribution is -2.22. The molecule has 1 saturated carbocycles. The van der Waals surface area contributed by atoms with E-state index in [9.17, 15) is 4.79 Å². The van der Waals surface area contributed by atoms with Crippen LogP contribution in [0.15, 0.2) is 17.5 Å². The first kappa shape index (κ1) is 11.6. The summed E-state index contributed by atoms with van der Waals surface area (Å²) in [6.45, 7) is 2.37. The molecule has 3 heteroatoms. The van der Waals surface area contributed by atoms with Crippen molar-refractivity contribution in [1.82, 2.24) is 0 Å². The highest BCUT2D eigenvalue weighted by molar-refractivity contribution is 7.10. The third-order valence-electron chi connectivity index (χ3n) is 3.29. The first-order chi connectivity index (χ1) is 7.81. The third kappa shape index (κ3) is 2.64. The van der Waals surface area contributed by atoms with E-state index in [1.807, 2.05) is 18.3 Å². The van der Waals surface area contributed by atoms with Crippen molar-refractivity contribution < 1.29 is 9.53 Å². The van der Waals surface area contributed by atoms with Gasteiger partial charge in [0, 0.05) is 4.88 Å². The predicted octanol–water partition coefficient (Wildman–Crippen LogP) is 3.59. The van der Waals surface area contributed by atoms with Crippen molar-refractivity contribution in [2.75, 3.05) is 6.61 Å². The van der Waals surface area contributed by atoms with Crippen LogP contribution in [0.25, 0.3) is 0 Å². The average Bonchev–Trinajstić information content (AvgIpc) is 2.83. The third-order valence-corrected chi connectivity index (χ3v) is 4.33. The largest absolute Gasteiger partial charge is 0.466 e. The fourth-order valence-electron chi connectivity index (χ4n) is 2.40. The zero-order chi connectivity index (χ0) is 11.4. The van der Waals surface area contributed by atoms with Crippen LogP contribution in [-0.4, -0.2) is 12.6 Å². The van der Waals surface area contributed by atoms with Gasteiger partial charge in [-0.05, 0) is 50.0 Å². The second-order valence-corrected chi connectivity index (χ2v) is 5.30. The molecule has 1 aliphatic carbocycles. The van der Waals surface area contributed by atoms with Crippen molar-refractivity contribution in [2.45, 2.75) is 38.5 Å². The number of carbonyl (C=O) groups excluding carboxylic acids is 1. The molecule has 2 nitrogen and oxygen atoms in total. The summed E-state index contributed by atoms with van der Waals surface area (Å²) < 4.78 is 5.07. The summed E-state index contributed by atoms with van der Waals surface area (Å²) in [4.78, 5) is 13.0. The highest BCUT2D eigenvalue weighted by atomic mass is 32.1. The molecule has 0 unspecified atom stereocenters. The number of ether oxygens (including phenoxy) is 1. The van der Waals surface area contributed by atoms with Crippen molar-refractivity contribution in [3.8, 4) is 0 Å². The molecule has 88 valence electrons. The Balaban J connectivity index is 1.85. The highest BCUT2D eigenvalue weighted by Gasteiger charge is 2.28. The van der Waals surface area contributed by atoms with E-state index in [0.29, 0.717) is 12.5 Å². The molecular weight excluding hydrogens is 220 g/mol. The zero-order valence-corrected chi connectivity index (χ0v) is 10.5. The standard InChI is InChI=1S/C13H18O2S/c1-2-15-13(14)11-7-5-10(6-8-11)12-4-3-9-16-12/h3-4,9-11H,2,5-8H2,1H3. The second-order valence-electron chi connectivity index (χ2n) is 4.32. The molecule has 0 aliphatic heterocycles. The van der Waals surface area contributed by atoms with E-state index in [0.717, 1.165) is 25.7 Å². The molecule has 0 saturated heterocycles. The Labute approximate surface area is 101 Å². The van der Waals surface area contributed by atoms with E-state index in [-0.39, 0.29) is 11.9 Å². The molecule has 0 radical (unpaired) electrons. The van der Waals surface area contributed by atoms with Gasteiger partial charge in [-0.15, -0.1) is 11.3 Å². The Morgan fingerprint density at radius 2 is 2.19 bits per heavy atom. The van der Waals surface area contributed by atoms with E-state index in [1.165, 1.54) is 4.88 Å². The van der Waals surface area contributed by atoms with Gasteiger partial charge >= 0.3 is 5.97 Å². The van der Waals surface area contributed by atoms with Crippen LogP contribution in [-0.2, 0) is 9.53 Å². The molecule has 1 fully saturated rings. The van der Waals surface area contributed by atoms with Gasteiger partial charge in [0.15, 0.2) is 0 Å². The Morgan fingerprint density at radius 3 is 2.75 bits per heavy atom. The molecule has 0 spiro atoms. The van der Waals surface area contributed by atoms with Crippen LogP contribution in [0.2, 0.25) is 0 Å². The summed E-state index contributed by atoms with van der Waals surface area (Å²) in [7, 11) is 0. The summed E-state index contributed by atoms with van der Waals surface area (Å²) >= 11 is 1.83. The number of esters is 1. The van der Waals surface area contributed by atoms with Gasteiger partial charge in [0.05, 0.1) is 12.5 Å². The summed E-state index contributed by atoms with van der Waals surface area (Å²) in [5, 5.41) is 2.13. The number of hydrogen-bond acceptors (Lipinski definition) is 3.